The summed E-state index contributed by atoms with van der Waals surface area (Å²) in [7, 11) is -4.28. The molecule has 0 radical (unpaired) electrons. The number of nitro benzene ring substituents is 1. The Hall–Kier alpha value is -3.72. The molecule has 8 nitrogen and oxygen atoms in total. The number of anilines is 1. The van der Waals surface area contributed by atoms with Gasteiger partial charge in [0, 0.05) is 23.4 Å². The van der Waals surface area contributed by atoms with Crippen molar-refractivity contribution < 1.29 is 22.3 Å². The van der Waals surface area contributed by atoms with Crippen molar-refractivity contribution in [2.24, 2.45) is 0 Å². The van der Waals surface area contributed by atoms with E-state index in [2.05, 4.69) is 5.32 Å². The fourth-order valence-electron chi connectivity index (χ4n) is 3.12. The topological polar surface area (TPSA) is 116 Å². The molecule has 1 N–H and O–H groups in total. The molecule has 0 saturated heterocycles. The molecule has 9 heteroatoms. The number of non-ortho nitro benzene ring substituents is 1. The van der Waals surface area contributed by atoms with Crippen LogP contribution in [-0.4, -0.2) is 19.2 Å². The van der Waals surface area contributed by atoms with Crippen LogP contribution in [0.5, 0.6) is 5.75 Å². The molecule has 0 bridgehead atoms. The molecular weight excluding hydrogens is 432 g/mol. The summed E-state index contributed by atoms with van der Waals surface area (Å²) in [5.74, 6) is -0.138. The number of nitrogens with one attached hydrogen (secondary N) is 1. The number of benzene rings is 3. The summed E-state index contributed by atoms with van der Waals surface area (Å²) in [6, 6.07) is 16.0. The van der Waals surface area contributed by atoms with Gasteiger partial charge in [-0.15, -0.1) is 0 Å². The minimum Gasteiger partial charge on any atom is -0.379 e. The van der Waals surface area contributed by atoms with Crippen molar-refractivity contribution in [2.45, 2.75) is 31.6 Å². The van der Waals surface area contributed by atoms with Crippen LogP contribution < -0.4 is 9.50 Å². The summed E-state index contributed by atoms with van der Waals surface area (Å²) in [5, 5.41) is 13.8. The van der Waals surface area contributed by atoms with Crippen molar-refractivity contribution in [1.82, 2.24) is 0 Å². The van der Waals surface area contributed by atoms with Gasteiger partial charge in [0.2, 0.25) is 0 Å². The van der Waals surface area contributed by atoms with Gasteiger partial charge in [-0.05, 0) is 54.3 Å². The van der Waals surface area contributed by atoms with E-state index in [1.165, 1.54) is 42.5 Å². The van der Waals surface area contributed by atoms with Crippen molar-refractivity contribution in [1.29, 1.82) is 0 Å². The zero-order valence-electron chi connectivity index (χ0n) is 17.7. The highest BCUT2D eigenvalue weighted by atomic mass is 32.2. The second kappa shape index (κ2) is 9.19. The Morgan fingerprint density at radius 1 is 1.03 bits per heavy atom. The highest BCUT2D eigenvalue weighted by Gasteiger charge is 2.20. The molecule has 0 aromatic heterocycles. The number of rotatable bonds is 7. The van der Waals surface area contributed by atoms with E-state index in [-0.39, 0.29) is 28.2 Å². The smallest absolute Gasteiger partial charge is 0.339 e. The Morgan fingerprint density at radius 2 is 1.69 bits per heavy atom. The first-order valence-electron chi connectivity index (χ1n) is 9.78. The number of carbonyl (C=O) groups excluding carboxylic acids is 1. The van der Waals surface area contributed by atoms with Crippen LogP contribution in [0.25, 0.3) is 0 Å². The number of aryl methyl sites for hydroxylation is 1. The lowest BCUT2D eigenvalue weighted by molar-refractivity contribution is -0.385. The van der Waals surface area contributed by atoms with Gasteiger partial charge >= 0.3 is 10.1 Å². The van der Waals surface area contributed by atoms with E-state index in [0.29, 0.717) is 5.56 Å². The maximum atomic E-state index is 12.7. The Labute approximate surface area is 186 Å². The first kappa shape index (κ1) is 23.0. The molecule has 0 unspecified atom stereocenters. The molecule has 0 saturated carbocycles. The van der Waals surface area contributed by atoms with E-state index >= 15 is 0 Å². The average molecular weight is 455 g/mol. The third-order valence-electron chi connectivity index (χ3n) is 4.81. The van der Waals surface area contributed by atoms with Crippen LogP contribution in [-0.2, 0) is 10.1 Å². The number of hydrogen-bond acceptors (Lipinski definition) is 6. The zero-order valence-corrected chi connectivity index (χ0v) is 18.5. The summed E-state index contributed by atoms with van der Waals surface area (Å²) in [5.41, 5.74) is 2.66. The predicted octanol–water partition coefficient (Wildman–Crippen LogP) is 5.05. The number of nitro groups is 1. The van der Waals surface area contributed by atoms with Crippen LogP contribution in [0.2, 0.25) is 0 Å². The maximum Gasteiger partial charge on any atom is 0.339 e. The molecule has 1 amide bonds. The van der Waals surface area contributed by atoms with E-state index in [1.807, 2.05) is 39.0 Å². The van der Waals surface area contributed by atoms with Gasteiger partial charge in [-0.25, -0.2) is 0 Å². The molecule has 0 aliphatic heterocycles. The lowest BCUT2D eigenvalue weighted by Crippen LogP contribution is -2.15. The summed E-state index contributed by atoms with van der Waals surface area (Å²) in [6.07, 6.45) is 0. The van der Waals surface area contributed by atoms with Crippen LogP contribution in [0.15, 0.2) is 71.6 Å². The first-order chi connectivity index (χ1) is 15.1. The van der Waals surface area contributed by atoms with Crippen molar-refractivity contribution in [2.75, 3.05) is 5.32 Å². The van der Waals surface area contributed by atoms with Crippen LogP contribution >= 0.6 is 0 Å². The molecule has 3 rings (SSSR count). The van der Waals surface area contributed by atoms with E-state index in [1.54, 1.807) is 0 Å². The Bertz CT molecular complexity index is 1270. The van der Waals surface area contributed by atoms with Gasteiger partial charge < -0.3 is 9.50 Å². The molecule has 0 fully saturated rings. The molecule has 0 atom stereocenters. The van der Waals surface area contributed by atoms with Gasteiger partial charge in [0.05, 0.1) is 4.92 Å². The predicted molar refractivity (Wildman–Crippen MR) is 121 cm³/mol. The first-order valence-corrected chi connectivity index (χ1v) is 11.2. The van der Waals surface area contributed by atoms with Crippen LogP contribution in [0.4, 0.5) is 11.4 Å². The van der Waals surface area contributed by atoms with Gasteiger partial charge in [-0.2, -0.15) is 8.42 Å². The molecule has 3 aromatic rings. The summed E-state index contributed by atoms with van der Waals surface area (Å²) < 4.78 is 30.0. The summed E-state index contributed by atoms with van der Waals surface area (Å²) >= 11 is 0. The third kappa shape index (κ3) is 5.12. The van der Waals surface area contributed by atoms with Crippen molar-refractivity contribution in [3.05, 3.63) is 93.5 Å². The largest absolute Gasteiger partial charge is 0.379 e. The number of nitrogens with zero attached hydrogens (tertiary/aromatic N) is 1. The molecule has 0 heterocycles. The summed E-state index contributed by atoms with van der Waals surface area (Å²) in [4.78, 5) is 22.6. The van der Waals surface area contributed by atoms with Crippen LogP contribution in [0.3, 0.4) is 0 Å². The minimum atomic E-state index is -4.28. The molecule has 0 spiro atoms. The van der Waals surface area contributed by atoms with Gasteiger partial charge in [0.25, 0.3) is 11.6 Å². The zero-order chi connectivity index (χ0) is 23.5. The average Bonchev–Trinajstić information content (AvgIpc) is 2.75. The van der Waals surface area contributed by atoms with Gasteiger partial charge in [0.1, 0.15) is 10.6 Å². The molecule has 3 aromatic carbocycles. The molecule has 0 aliphatic carbocycles. The summed E-state index contributed by atoms with van der Waals surface area (Å²) in [6.45, 7) is 5.99. The Balaban J connectivity index is 1.78. The van der Waals surface area contributed by atoms with Crippen molar-refractivity contribution in [3.8, 4) is 5.75 Å². The monoisotopic (exact) mass is 454 g/mol. The number of hydrogen-bond donors (Lipinski definition) is 1. The fraction of sp³-hybridized carbons (Fsp3) is 0.174. The number of carbonyl (C=O) groups is 1. The highest BCUT2D eigenvalue weighted by molar-refractivity contribution is 7.87. The molecule has 166 valence electrons. The number of para-hydroxylation sites is 1. The molecule has 0 aliphatic rings. The minimum absolute atomic E-state index is 0.0215. The second-order valence-electron chi connectivity index (χ2n) is 7.46. The third-order valence-corrected chi connectivity index (χ3v) is 6.05. The lowest BCUT2D eigenvalue weighted by atomic mass is 9.98. The van der Waals surface area contributed by atoms with Crippen molar-refractivity contribution in [3.63, 3.8) is 0 Å². The Kier molecular flexibility index (Phi) is 6.59. The standard InChI is InChI=1S/C23H22N2O6S/c1-15(2)21-9-4-6-16(3)22(21)24-23(26)17-10-12-19(13-11-17)31-32(29,30)20-8-5-7-18(14-20)25(27)28/h4-15H,1-3H3,(H,24,26). The Morgan fingerprint density at radius 3 is 2.31 bits per heavy atom. The lowest BCUT2D eigenvalue weighted by Gasteiger charge is -2.16. The van der Waals surface area contributed by atoms with Crippen LogP contribution in [0, 0.1) is 17.0 Å². The SMILES string of the molecule is Cc1cccc(C(C)C)c1NC(=O)c1ccc(OS(=O)(=O)c2cccc([N+](=O)[O-])c2)cc1. The van der Waals surface area contributed by atoms with E-state index in [9.17, 15) is 23.3 Å². The van der Waals surface area contributed by atoms with E-state index in [0.717, 1.165) is 22.9 Å². The normalized spacial score (nSPS) is 11.2. The maximum absolute atomic E-state index is 12.7. The van der Waals surface area contributed by atoms with Crippen molar-refractivity contribution >= 4 is 27.4 Å². The number of amides is 1. The second-order valence-corrected chi connectivity index (χ2v) is 9.01. The molecular formula is C23H22N2O6S. The molecule has 32 heavy (non-hydrogen) atoms. The van der Waals surface area contributed by atoms with Gasteiger partial charge in [-0.1, -0.05) is 38.1 Å². The highest BCUT2D eigenvalue weighted by Crippen LogP contribution is 2.28. The van der Waals surface area contributed by atoms with E-state index < -0.39 is 15.0 Å². The fourth-order valence-corrected chi connectivity index (χ4v) is 4.09. The van der Waals surface area contributed by atoms with Crippen LogP contribution in [0.1, 0.15) is 41.3 Å². The van der Waals surface area contributed by atoms with E-state index in [4.69, 9.17) is 4.18 Å². The van der Waals surface area contributed by atoms with Gasteiger partial charge in [0.15, 0.2) is 0 Å². The quantitative estimate of drug-likeness (QED) is 0.303. The van der Waals surface area contributed by atoms with Gasteiger partial charge in [-0.3, -0.25) is 14.9 Å².